The first kappa shape index (κ1) is 20.4. The number of guanidine groups is 1. The van der Waals surface area contributed by atoms with Gasteiger partial charge in [-0.1, -0.05) is 30.3 Å². The van der Waals surface area contributed by atoms with Gasteiger partial charge in [-0.2, -0.15) is 0 Å². The molecule has 1 amide bonds. The van der Waals surface area contributed by atoms with Crippen LogP contribution in [0.2, 0.25) is 0 Å². The Morgan fingerprint density at radius 2 is 2.08 bits per heavy atom. The van der Waals surface area contributed by atoms with E-state index in [-0.39, 0.29) is 5.91 Å². The fourth-order valence-electron chi connectivity index (χ4n) is 2.85. The quantitative estimate of drug-likeness (QED) is 0.368. The lowest BCUT2D eigenvalue weighted by atomic mass is 10.2. The Hall–Kier alpha value is -1.89. The molecule has 1 saturated heterocycles. The van der Waals surface area contributed by atoms with Gasteiger partial charge < -0.3 is 15.5 Å². The molecular formula is C19H30N4O2S. The predicted octanol–water partition coefficient (Wildman–Crippen LogP) is 1.50. The van der Waals surface area contributed by atoms with E-state index in [1.165, 1.54) is 0 Å². The zero-order valence-corrected chi connectivity index (χ0v) is 16.4. The summed E-state index contributed by atoms with van der Waals surface area (Å²) in [5, 5.41) is 6.44. The van der Waals surface area contributed by atoms with Crippen molar-refractivity contribution in [2.24, 2.45) is 4.99 Å². The van der Waals surface area contributed by atoms with Crippen LogP contribution < -0.4 is 10.6 Å². The SMILES string of the molecule is CCNC(=NCCCN1CCCC1=O)NCCS(=O)Cc1ccccc1. The zero-order chi connectivity index (χ0) is 18.6. The first-order valence-electron chi connectivity index (χ1n) is 9.38. The topological polar surface area (TPSA) is 73.8 Å². The molecule has 0 spiro atoms. The maximum atomic E-state index is 12.2. The van der Waals surface area contributed by atoms with Crippen LogP contribution in [0.5, 0.6) is 0 Å². The Kier molecular flexibility index (Phi) is 9.17. The molecule has 7 heteroatoms. The standard InChI is InChI=1S/C19H30N4O2S/c1-2-20-19(21-11-7-14-23-13-6-10-18(23)24)22-12-15-26(25)16-17-8-4-3-5-9-17/h3-5,8-9H,2,6-7,10-16H2,1H3,(H2,20,21,22). The molecule has 1 aromatic carbocycles. The summed E-state index contributed by atoms with van der Waals surface area (Å²) in [6.45, 7) is 5.76. The Bertz CT molecular complexity index is 607. The third kappa shape index (κ3) is 7.56. The minimum absolute atomic E-state index is 0.264. The molecule has 1 atom stereocenters. The van der Waals surface area contributed by atoms with Gasteiger partial charge in [0.1, 0.15) is 0 Å². The second kappa shape index (κ2) is 11.7. The lowest BCUT2D eigenvalue weighted by Crippen LogP contribution is -2.39. The van der Waals surface area contributed by atoms with E-state index in [1.54, 1.807) is 0 Å². The smallest absolute Gasteiger partial charge is 0.222 e. The summed E-state index contributed by atoms with van der Waals surface area (Å²) in [7, 11) is -0.894. The minimum atomic E-state index is -0.894. The number of nitrogens with zero attached hydrogens (tertiary/aromatic N) is 2. The van der Waals surface area contributed by atoms with Crippen LogP contribution >= 0.6 is 0 Å². The van der Waals surface area contributed by atoms with Gasteiger partial charge in [0.2, 0.25) is 5.91 Å². The highest BCUT2D eigenvalue weighted by molar-refractivity contribution is 7.84. The highest BCUT2D eigenvalue weighted by atomic mass is 32.2. The number of aliphatic imine (C=N–C) groups is 1. The van der Waals surface area contributed by atoms with E-state index < -0.39 is 10.8 Å². The van der Waals surface area contributed by atoms with Crippen molar-refractivity contribution in [3.63, 3.8) is 0 Å². The van der Waals surface area contributed by atoms with Crippen LogP contribution in [0.4, 0.5) is 0 Å². The summed E-state index contributed by atoms with van der Waals surface area (Å²) in [5.74, 6) is 2.18. The molecule has 6 nitrogen and oxygen atoms in total. The molecule has 2 N–H and O–H groups in total. The normalized spacial score (nSPS) is 16.0. The van der Waals surface area contributed by atoms with Crippen molar-refractivity contribution in [3.8, 4) is 0 Å². The monoisotopic (exact) mass is 378 g/mol. The minimum Gasteiger partial charge on any atom is -0.357 e. The van der Waals surface area contributed by atoms with E-state index in [2.05, 4.69) is 15.6 Å². The molecule has 1 fully saturated rings. The summed E-state index contributed by atoms with van der Waals surface area (Å²) in [6, 6.07) is 9.91. The van der Waals surface area contributed by atoms with Gasteiger partial charge in [0.15, 0.2) is 5.96 Å². The molecule has 1 unspecified atom stereocenters. The number of benzene rings is 1. The van der Waals surface area contributed by atoms with Crippen molar-refractivity contribution < 1.29 is 9.00 Å². The fourth-order valence-corrected chi connectivity index (χ4v) is 3.89. The van der Waals surface area contributed by atoms with Crippen LogP contribution in [0.3, 0.4) is 0 Å². The van der Waals surface area contributed by atoms with Crippen LogP contribution in [-0.2, 0) is 21.3 Å². The maximum absolute atomic E-state index is 12.2. The molecule has 0 saturated carbocycles. The molecule has 26 heavy (non-hydrogen) atoms. The van der Waals surface area contributed by atoms with Gasteiger partial charge in [-0.25, -0.2) is 0 Å². The molecule has 0 aromatic heterocycles. The van der Waals surface area contributed by atoms with Crippen LogP contribution in [-0.4, -0.2) is 59.5 Å². The first-order valence-corrected chi connectivity index (χ1v) is 10.9. The van der Waals surface area contributed by atoms with E-state index in [1.807, 2.05) is 42.2 Å². The molecule has 144 valence electrons. The van der Waals surface area contributed by atoms with Gasteiger partial charge in [0.05, 0.1) is 0 Å². The number of nitrogens with one attached hydrogen (secondary N) is 2. The van der Waals surface area contributed by atoms with Gasteiger partial charge in [0.25, 0.3) is 0 Å². The Labute approximate surface area is 158 Å². The van der Waals surface area contributed by atoms with Crippen molar-refractivity contribution in [2.45, 2.75) is 31.9 Å². The predicted molar refractivity (Wildman–Crippen MR) is 108 cm³/mol. The molecular weight excluding hydrogens is 348 g/mol. The molecule has 0 radical (unpaired) electrons. The number of carbonyl (C=O) groups is 1. The average Bonchev–Trinajstić information content (AvgIpc) is 3.04. The third-order valence-corrected chi connectivity index (χ3v) is 5.48. The number of likely N-dealkylation sites (tertiary alicyclic amines) is 1. The number of hydrogen-bond donors (Lipinski definition) is 2. The van der Waals surface area contributed by atoms with E-state index >= 15 is 0 Å². The van der Waals surface area contributed by atoms with Gasteiger partial charge in [-0.3, -0.25) is 14.0 Å². The number of rotatable bonds is 10. The lowest BCUT2D eigenvalue weighted by molar-refractivity contribution is -0.127. The third-order valence-electron chi connectivity index (χ3n) is 4.16. The second-order valence-corrected chi connectivity index (χ2v) is 7.88. The van der Waals surface area contributed by atoms with Crippen molar-refractivity contribution in [1.82, 2.24) is 15.5 Å². The Balaban J connectivity index is 1.66. The molecule has 1 aliphatic heterocycles. The first-order chi connectivity index (χ1) is 12.7. The number of amides is 1. The lowest BCUT2D eigenvalue weighted by Gasteiger charge is -2.15. The summed E-state index contributed by atoms with van der Waals surface area (Å²) in [5.41, 5.74) is 1.10. The van der Waals surface area contributed by atoms with E-state index in [0.717, 1.165) is 44.0 Å². The summed E-state index contributed by atoms with van der Waals surface area (Å²) >= 11 is 0. The van der Waals surface area contributed by atoms with Crippen molar-refractivity contribution >= 4 is 22.7 Å². The summed E-state index contributed by atoms with van der Waals surface area (Å²) < 4.78 is 12.2. The molecule has 2 rings (SSSR count). The number of carbonyl (C=O) groups excluding carboxylic acids is 1. The zero-order valence-electron chi connectivity index (χ0n) is 15.6. The van der Waals surface area contributed by atoms with Gasteiger partial charge in [0, 0.05) is 61.4 Å². The summed E-state index contributed by atoms with van der Waals surface area (Å²) in [6.07, 6.45) is 2.53. The van der Waals surface area contributed by atoms with Gasteiger partial charge in [-0.05, 0) is 25.3 Å². The van der Waals surface area contributed by atoms with Crippen LogP contribution in [0.15, 0.2) is 35.3 Å². The fraction of sp³-hybridized carbons (Fsp3) is 0.579. The Morgan fingerprint density at radius 3 is 2.77 bits per heavy atom. The maximum Gasteiger partial charge on any atom is 0.222 e. The van der Waals surface area contributed by atoms with Crippen molar-refractivity contribution in [2.75, 3.05) is 38.5 Å². The molecule has 1 aromatic rings. The van der Waals surface area contributed by atoms with E-state index in [4.69, 9.17) is 0 Å². The Morgan fingerprint density at radius 1 is 1.27 bits per heavy atom. The molecule has 0 bridgehead atoms. The van der Waals surface area contributed by atoms with Crippen molar-refractivity contribution in [3.05, 3.63) is 35.9 Å². The average molecular weight is 379 g/mol. The molecule has 1 aliphatic rings. The second-order valence-electron chi connectivity index (χ2n) is 6.30. The van der Waals surface area contributed by atoms with Crippen LogP contribution in [0, 0.1) is 0 Å². The van der Waals surface area contributed by atoms with Crippen molar-refractivity contribution in [1.29, 1.82) is 0 Å². The molecule has 1 heterocycles. The van der Waals surface area contributed by atoms with E-state index in [0.29, 0.717) is 31.0 Å². The largest absolute Gasteiger partial charge is 0.357 e. The highest BCUT2D eigenvalue weighted by Gasteiger charge is 2.18. The van der Waals surface area contributed by atoms with Crippen LogP contribution in [0.25, 0.3) is 0 Å². The van der Waals surface area contributed by atoms with E-state index in [9.17, 15) is 9.00 Å². The molecule has 0 aliphatic carbocycles. The highest BCUT2D eigenvalue weighted by Crippen LogP contribution is 2.09. The summed E-state index contributed by atoms with van der Waals surface area (Å²) in [4.78, 5) is 18.0. The van der Waals surface area contributed by atoms with Crippen LogP contribution in [0.1, 0.15) is 31.7 Å². The van der Waals surface area contributed by atoms with Gasteiger partial charge >= 0.3 is 0 Å². The van der Waals surface area contributed by atoms with Gasteiger partial charge in [-0.15, -0.1) is 0 Å². The number of hydrogen-bond acceptors (Lipinski definition) is 3.